The molecule has 0 saturated carbocycles. The summed E-state index contributed by atoms with van der Waals surface area (Å²) in [7, 11) is -4.09. The first-order chi connectivity index (χ1) is 13.4. The molecule has 8 nitrogen and oxygen atoms in total. The quantitative estimate of drug-likeness (QED) is 0.623. The Kier molecular flexibility index (Phi) is 4.82. The van der Waals surface area contributed by atoms with E-state index in [1.54, 1.807) is 0 Å². The van der Waals surface area contributed by atoms with Crippen LogP contribution in [0.1, 0.15) is 18.4 Å². The van der Waals surface area contributed by atoms with Gasteiger partial charge in [0, 0.05) is 31.0 Å². The van der Waals surface area contributed by atoms with Crippen LogP contribution >= 0.6 is 0 Å². The van der Waals surface area contributed by atoms with E-state index in [0.717, 1.165) is 18.7 Å². The number of fused-ring (bicyclic) bond motifs is 1. The van der Waals surface area contributed by atoms with Crippen LogP contribution in [-0.2, 0) is 16.6 Å². The van der Waals surface area contributed by atoms with E-state index in [4.69, 9.17) is 4.74 Å². The van der Waals surface area contributed by atoms with E-state index in [1.807, 2.05) is 24.3 Å². The second-order valence-corrected chi connectivity index (χ2v) is 9.05. The number of benzene rings is 2. The molecule has 1 spiro atoms. The van der Waals surface area contributed by atoms with Crippen molar-refractivity contribution in [1.29, 1.82) is 0 Å². The summed E-state index contributed by atoms with van der Waals surface area (Å²) >= 11 is 0. The fraction of sp³-hybridized carbons (Fsp3) is 0.368. The molecule has 1 saturated heterocycles. The third-order valence-corrected chi connectivity index (χ3v) is 7.14. The summed E-state index contributed by atoms with van der Waals surface area (Å²) < 4.78 is 34.6. The summed E-state index contributed by atoms with van der Waals surface area (Å²) in [6, 6.07) is 12.8. The highest BCUT2D eigenvalue weighted by Crippen LogP contribution is 2.37. The van der Waals surface area contributed by atoms with Crippen LogP contribution in [-0.4, -0.2) is 42.9 Å². The lowest BCUT2D eigenvalue weighted by molar-refractivity contribution is -0.387. The van der Waals surface area contributed by atoms with Crippen molar-refractivity contribution in [2.24, 2.45) is 0 Å². The van der Waals surface area contributed by atoms with Gasteiger partial charge in [-0.3, -0.25) is 10.1 Å². The van der Waals surface area contributed by atoms with Crippen LogP contribution < -0.4 is 10.1 Å². The van der Waals surface area contributed by atoms with Gasteiger partial charge in [-0.05, 0) is 25.2 Å². The van der Waals surface area contributed by atoms with E-state index < -0.39 is 26.2 Å². The molecule has 2 heterocycles. The topological polar surface area (TPSA) is 102 Å². The van der Waals surface area contributed by atoms with Crippen molar-refractivity contribution in [2.45, 2.75) is 29.9 Å². The molecule has 2 aromatic carbocycles. The summed E-state index contributed by atoms with van der Waals surface area (Å²) in [5.41, 5.74) is -0.325. The maximum Gasteiger partial charge on any atom is 0.289 e. The number of nitro benzene ring substituents is 1. The summed E-state index contributed by atoms with van der Waals surface area (Å²) in [6.45, 7) is 1.71. The minimum absolute atomic E-state index is 0.111. The zero-order chi connectivity index (χ0) is 19.8. The second kappa shape index (κ2) is 7.16. The lowest BCUT2D eigenvalue weighted by Crippen LogP contribution is -2.53. The number of ether oxygens (including phenoxy) is 1. The van der Waals surface area contributed by atoms with Gasteiger partial charge in [0.25, 0.3) is 5.69 Å². The van der Waals surface area contributed by atoms with E-state index in [0.29, 0.717) is 18.6 Å². The standard InChI is InChI=1S/C19H21N3O5S/c23-22(24)16-6-2-4-8-18(16)28(25,26)21-13-15-5-1-3-7-17(15)27-19(14-21)9-11-20-12-10-19/h1-8,20H,9-14H2. The predicted molar refractivity (Wildman–Crippen MR) is 103 cm³/mol. The maximum atomic E-state index is 13.5. The lowest BCUT2D eigenvalue weighted by atomic mass is 9.92. The first kappa shape index (κ1) is 18.9. The molecule has 4 rings (SSSR count). The molecule has 28 heavy (non-hydrogen) atoms. The van der Waals surface area contributed by atoms with Crippen LogP contribution in [0.4, 0.5) is 5.69 Å². The second-order valence-electron chi connectivity index (χ2n) is 7.14. The number of piperidine rings is 1. The number of para-hydroxylation sites is 2. The van der Waals surface area contributed by atoms with Crippen molar-refractivity contribution in [2.75, 3.05) is 19.6 Å². The number of nitrogens with zero attached hydrogens (tertiary/aromatic N) is 2. The number of sulfonamides is 1. The lowest BCUT2D eigenvalue weighted by Gasteiger charge is -2.39. The summed E-state index contributed by atoms with van der Waals surface area (Å²) in [6.07, 6.45) is 1.31. The maximum absolute atomic E-state index is 13.5. The van der Waals surface area contributed by atoms with Gasteiger partial charge in [0.2, 0.25) is 10.0 Å². The average Bonchev–Trinajstić information content (AvgIpc) is 2.85. The van der Waals surface area contributed by atoms with Gasteiger partial charge in [0.15, 0.2) is 4.90 Å². The molecule has 0 bridgehead atoms. The van der Waals surface area contributed by atoms with Gasteiger partial charge in [0.1, 0.15) is 11.4 Å². The highest BCUT2D eigenvalue weighted by atomic mass is 32.2. The van der Waals surface area contributed by atoms with Gasteiger partial charge < -0.3 is 10.1 Å². The Morgan fingerprint density at radius 1 is 1.07 bits per heavy atom. The van der Waals surface area contributed by atoms with Gasteiger partial charge in [-0.15, -0.1) is 0 Å². The highest BCUT2D eigenvalue weighted by Gasteiger charge is 2.43. The van der Waals surface area contributed by atoms with Crippen molar-refractivity contribution in [3.8, 4) is 5.75 Å². The molecule has 1 fully saturated rings. The molecule has 2 aliphatic rings. The van der Waals surface area contributed by atoms with E-state index in [1.165, 1.54) is 28.6 Å². The van der Waals surface area contributed by atoms with E-state index in [2.05, 4.69) is 5.32 Å². The van der Waals surface area contributed by atoms with Crippen molar-refractivity contribution in [3.63, 3.8) is 0 Å². The average molecular weight is 403 g/mol. The Balaban J connectivity index is 1.81. The third-order valence-electron chi connectivity index (χ3n) is 5.30. The monoisotopic (exact) mass is 403 g/mol. The molecular formula is C19H21N3O5S. The fourth-order valence-corrected chi connectivity index (χ4v) is 5.49. The van der Waals surface area contributed by atoms with Crippen LogP contribution in [0.25, 0.3) is 0 Å². The third kappa shape index (κ3) is 3.36. The molecule has 9 heteroatoms. The Hall–Kier alpha value is -2.49. The zero-order valence-corrected chi connectivity index (χ0v) is 16.0. The number of hydrogen-bond donors (Lipinski definition) is 1. The summed E-state index contributed by atoms with van der Waals surface area (Å²) in [5.74, 6) is 0.671. The fourth-order valence-electron chi connectivity index (χ4n) is 3.84. The highest BCUT2D eigenvalue weighted by molar-refractivity contribution is 7.89. The van der Waals surface area contributed by atoms with E-state index in [9.17, 15) is 18.5 Å². The number of rotatable bonds is 3. The molecule has 0 atom stereocenters. The normalized spacial score (nSPS) is 19.4. The minimum Gasteiger partial charge on any atom is -0.485 e. The van der Waals surface area contributed by atoms with Crippen LogP contribution in [0.5, 0.6) is 5.75 Å². The molecular weight excluding hydrogens is 382 g/mol. The number of nitrogens with one attached hydrogen (secondary N) is 1. The van der Waals surface area contributed by atoms with Crippen LogP contribution in [0.3, 0.4) is 0 Å². The first-order valence-electron chi connectivity index (χ1n) is 9.13. The van der Waals surface area contributed by atoms with Crippen molar-refractivity contribution in [3.05, 3.63) is 64.2 Å². The van der Waals surface area contributed by atoms with Gasteiger partial charge in [-0.2, -0.15) is 4.31 Å². The van der Waals surface area contributed by atoms with Gasteiger partial charge in [-0.1, -0.05) is 30.3 Å². The molecule has 0 radical (unpaired) electrons. The van der Waals surface area contributed by atoms with Gasteiger partial charge in [-0.25, -0.2) is 8.42 Å². The Morgan fingerprint density at radius 3 is 2.50 bits per heavy atom. The van der Waals surface area contributed by atoms with Crippen LogP contribution in [0.15, 0.2) is 53.4 Å². The molecule has 0 aliphatic carbocycles. The molecule has 1 N–H and O–H groups in total. The molecule has 0 amide bonds. The number of hydrogen-bond acceptors (Lipinski definition) is 6. The van der Waals surface area contributed by atoms with Gasteiger partial charge >= 0.3 is 0 Å². The van der Waals surface area contributed by atoms with Crippen molar-refractivity contribution >= 4 is 15.7 Å². The Labute approximate surface area is 163 Å². The molecule has 0 unspecified atom stereocenters. The van der Waals surface area contributed by atoms with Gasteiger partial charge in [0.05, 0.1) is 11.5 Å². The Morgan fingerprint density at radius 2 is 1.75 bits per heavy atom. The van der Waals surface area contributed by atoms with Crippen molar-refractivity contribution < 1.29 is 18.1 Å². The summed E-state index contributed by atoms with van der Waals surface area (Å²) in [4.78, 5) is 10.5. The minimum atomic E-state index is -4.09. The molecule has 148 valence electrons. The first-order valence-corrected chi connectivity index (χ1v) is 10.6. The van der Waals surface area contributed by atoms with Crippen LogP contribution in [0, 0.1) is 10.1 Å². The largest absolute Gasteiger partial charge is 0.485 e. The van der Waals surface area contributed by atoms with E-state index >= 15 is 0 Å². The van der Waals surface area contributed by atoms with Crippen molar-refractivity contribution in [1.82, 2.24) is 9.62 Å². The summed E-state index contributed by atoms with van der Waals surface area (Å²) in [5, 5.41) is 14.7. The molecule has 2 aromatic rings. The number of nitro groups is 1. The predicted octanol–water partition coefficient (Wildman–Crippen LogP) is 2.30. The van der Waals surface area contributed by atoms with E-state index in [-0.39, 0.29) is 18.0 Å². The Bertz CT molecular complexity index is 1000. The van der Waals surface area contributed by atoms with Crippen LogP contribution in [0.2, 0.25) is 0 Å². The zero-order valence-electron chi connectivity index (χ0n) is 15.2. The SMILES string of the molecule is O=[N+]([O-])c1ccccc1S(=O)(=O)N1Cc2ccccc2OC2(CCNCC2)C1. The molecule has 0 aromatic heterocycles. The molecule has 2 aliphatic heterocycles. The smallest absolute Gasteiger partial charge is 0.289 e.